The van der Waals surface area contributed by atoms with E-state index >= 15 is 0 Å². The molecular weight excluding hydrogens is 370 g/mol. The molecule has 0 saturated carbocycles. The normalized spacial score (nSPS) is 16.6. The molecule has 2 aromatic rings. The summed E-state index contributed by atoms with van der Waals surface area (Å²) in [6, 6.07) is 14.2. The van der Waals surface area contributed by atoms with Gasteiger partial charge in [-0.25, -0.2) is 0 Å². The maximum absolute atomic E-state index is 12.3. The Labute approximate surface area is 149 Å². The molecule has 124 valence electrons. The van der Waals surface area contributed by atoms with Crippen LogP contribution in [0.15, 0.2) is 53.0 Å². The van der Waals surface area contributed by atoms with E-state index in [1.165, 1.54) is 0 Å². The van der Waals surface area contributed by atoms with E-state index in [0.717, 1.165) is 23.9 Å². The molecule has 5 nitrogen and oxygen atoms in total. The summed E-state index contributed by atoms with van der Waals surface area (Å²) in [6.45, 7) is 0.875. The minimum Gasteiger partial charge on any atom is -0.325 e. The summed E-state index contributed by atoms with van der Waals surface area (Å²) in [4.78, 5) is 24.5. The van der Waals surface area contributed by atoms with Crippen LogP contribution in [0.4, 0.5) is 11.4 Å². The van der Waals surface area contributed by atoms with E-state index in [4.69, 9.17) is 0 Å². The summed E-state index contributed by atoms with van der Waals surface area (Å²) in [6.07, 6.45) is 1.87. The van der Waals surface area contributed by atoms with Crippen LogP contribution in [0.3, 0.4) is 0 Å². The van der Waals surface area contributed by atoms with Crippen LogP contribution < -0.4 is 16.0 Å². The lowest BCUT2D eigenvalue weighted by Crippen LogP contribution is -2.35. The summed E-state index contributed by atoms with van der Waals surface area (Å²) in [7, 11) is 0. The van der Waals surface area contributed by atoms with Crippen molar-refractivity contribution in [2.75, 3.05) is 17.2 Å². The minimum absolute atomic E-state index is 0.0400. The molecule has 0 aromatic heterocycles. The van der Waals surface area contributed by atoms with Gasteiger partial charge in [-0.05, 0) is 65.6 Å². The van der Waals surface area contributed by atoms with Crippen LogP contribution in [0.1, 0.15) is 23.2 Å². The maximum atomic E-state index is 12.3. The largest absolute Gasteiger partial charge is 0.325 e. The Morgan fingerprint density at radius 3 is 2.50 bits per heavy atom. The highest BCUT2D eigenvalue weighted by molar-refractivity contribution is 9.10. The van der Waals surface area contributed by atoms with Crippen LogP contribution in [0, 0.1) is 0 Å². The molecule has 6 heteroatoms. The van der Waals surface area contributed by atoms with Gasteiger partial charge in [-0.2, -0.15) is 0 Å². The molecule has 3 N–H and O–H groups in total. The second-order valence-electron chi connectivity index (χ2n) is 5.65. The van der Waals surface area contributed by atoms with Gasteiger partial charge in [-0.3, -0.25) is 9.59 Å². The lowest BCUT2D eigenvalue weighted by molar-refractivity contribution is -0.117. The summed E-state index contributed by atoms with van der Waals surface area (Å²) in [5.74, 6) is -0.245. The molecule has 0 radical (unpaired) electrons. The first-order valence-corrected chi connectivity index (χ1v) is 8.63. The zero-order chi connectivity index (χ0) is 16.9. The summed E-state index contributed by atoms with van der Waals surface area (Å²) < 4.78 is 0.735. The van der Waals surface area contributed by atoms with E-state index in [9.17, 15) is 9.59 Å². The molecule has 1 fully saturated rings. The molecule has 0 bridgehead atoms. The predicted octanol–water partition coefficient (Wildman–Crippen LogP) is 3.39. The van der Waals surface area contributed by atoms with Crippen molar-refractivity contribution in [2.45, 2.75) is 18.9 Å². The first-order valence-electron chi connectivity index (χ1n) is 7.84. The maximum Gasteiger partial charge on any atom is 0.256 e. The topological polar surface area (TPSA) is 70.2 Å². The molecule has 0 aliphatic carbocycles. The zero-order valence-corrected chi connectivity index (χ0v) is 14.6. The van der Waals surface area contributed by atoms with Gasteiger partial charge in [0, 0.05) is 15.8 Å². The number of amides is 2. The number of hydrogen-bond donors (Lipinski definition) is 3. The Bertz CT molecular complexity index is 757. The molecule has 1 atom stereocenters. The number of carbonyl (C=O) groups is 2. The van der Waals surface area contributed by atoms with Crippen LogP contribution in [-0.4, -0.2) is 24.4 Å². The van der Waals surface area contributed by atoms with Crippen molar-refractivity contribution < 1.29 is 9.59 Å². The Balaban J connectivity index is 1.68. The van der Waals surface area contributed by atoms with Gasteiger partial charge in [0.25, 0.3) is 5.91 Å². The van der Waals surface area contributed by atoms with Crippen molar-refractivity contribution in [1.29, 1.82) is 0 Å². The lowest BCUT2D eigenvalue weighted by atomic mass is 10.2. The fourth-order valence-corrected chi connectivity index (χ4v) is 3.12. The van der Waals surface area contributed by atoms with E-state index in [-0.39, 0.29) is 17.9 Å². The highest BCUT2D eigenvalue weighted by Crippen LogP contribution is 2.20. The number of halogens is 1. The van der Waals surface area contributed by atoms with Crippen LogP contribution in [0.2, 0.25) is 0 Å². The second-order valence-corrected chi connectivity index (χ2v) is 6.51. The Morgan fingerprint density at radius 2 is 1.79 bits per heavy atom. The van der Waals surface area contributed by atoms with Crippen LogP contribution in [0.25, 0.3) is 0 Å². The zero-order valence-electron chi connectivity index (χ0n) is 13.0. The summed E-state index contributed by atoms with van der Waals surface area (Å²) >= 11 is 3.37. The van der Waals surface area contributed by atoms with Gasteiger partial charge in [0.2, 0.25) is 5.91 Å². The van der Waals surface area contributed by atoms with Gasteiger partial charge >= 0.3 is 0 Å². The van der Waals surface area contributed by atoms with Gasteiger partial charge in [0.1, 0.15) is 0 Å². The van der Waals surface area contributed by atoms with Gasteiger partial charge in [0.15, 0.2) is 0 Å². The molecule has 1 saturated heterocycles. The molecule has 0 spiro atoms. The Morgan fingerprint density at radius 1 is 1.04 bits per heavy atom. The Kier molecular flexibility index (Phi) is 5.27. The first-order chi connectivity index (χ1) is 11.6. The number of anilines is 2. The third-order valence-corrected chi connectivity index (χ3v) is 4.57. The van der Waals surface area contributed by atoms with E-state index in [1.54, 1.807) is 30.3 Å². The van der Waals surface area contributed by atoms with Gasteiger partial charge in [-0.1, -0.05) is 18.2 Å². The standard InChI is InChI=1S/C18H18BrN3O2/c19-15-8-2-1-7-14(15)17(23)21-12-5-3-6-13(11-12)22-18(24)16-9-4-10-20-16/h1-3,5-8,11,16,20H,4,9-10H2,(H,21,23)(H,22,24)/t16-/m1/s1. The second kappa shape index (κ2) is 7.59. The van der Waals surface area contributed by atoms with Crippen molar-refractivity contribution in [3.05, 3.63) is 58.6 Å². The van der Waals surface area contributed by atoms with E-state index in [0.29, 0.717) is 16.9 Å². The molecule has 1 aliphatic rings. The molecule has 2 aromatic carbocycles. The third-order valence-electron chi connectivity index (χ3n) is 3.88. The third kappa shape index (κ3) is 4.01. The average Bonchev–Trinajstić information content (AvgIpc) is 3.10. The van der Waals surface area contributed by atoms with Crippen molar-refractivity contribution >= 4 is 39.1 Å². The Hall–Kier alpha value is -2.18. The minimum atomic E-state index is -0.205. The van der Waals surface area contributed by atoms with E-state index in [1.807, 2.05) is 18.2 Å². The van der Waals surface area contributed by atoms with Crippen molar-refractivity contribution in [1.82, 2.24) is 5.32 Å². The van der Waals surface area contributed by atoms with Crippen LogP contribution in [-0.2, 0) is 4.79 Å². The van der Waals surface area contributed by atoms with Crippen LogP contribution >= 0.6 is 15.9 Å². The molecule has 0 unspecified atom stereocenters. The van der Waals surface area contributed by atoms with E-state index in [2.05, 4.69) is 31.9 Å². The van der Waals surface area contributed by atoms with Crippen LogP contribution in [0.5, 0.6) is 0 Å². The number of carbonyl (C=O) groups excluding carboxylic acids is 2. The molecule has 1 heterocycles. The lowest BCUT2D eigenvalue weighted by Gasteiger charge is -2.12. The number of rotatable bonds is 4. The van der Waals surface area contributed by atoms with Crippen molar-refractivity contribution in [3.63, 3.8) is 0 Å². The first kappa shape index (κ1) is 16.7. The highest BCUT2D eigenvalue weighted by atomic mass is 79.9. The molecular formula is C18H18BrN3O2. The molecule has 24 heavy (non-hydrogen) atoms. The molecule has 2 amide bonds. The number of benzene rings is 2. The SMILES string of the molecule is O=C(Nc1cccc(NC(=O)[C@H]2CCCN2)c1)c1ccccc1Br. The monoisotopic (exact) mass is 387 g/mol. The highest BCUT2D eigenvalue weighted by Gasteiger charge is 2.21. The smallest absolute Gasteiger partial charge is 0.256 e. The van der Waals surface area contributed by atoms with Gasteiger partial charge < -0.3 is 16.0 Å². The quantitative estimate of drug-likeness (QED) is 0.752. The van der Waals surface area contributed by atoms with Crippen molar-refractivity contribution in [2.24, 2.45) is 0 Å². The summed E-state index contributed by atoms with van der Waals surface area (Å²) in [5.41, 5.74) is 1.86. The van der Waals surface area contributed by atoms with E-state index < -0.39 is 0 Å². The predicted molar refractivity (Wildman–Crippen MR) is 98.2 cm³/mol. The van der Waals surface area contributed by atoms with Gasteiger partial charge in [-0.15, -0.1) is 0 Å². The number of hydrogen-bond acceptors (Lipinski definition) is 3. The summed E-state index contributed by atoms with van der Waals surface area (Å²) in [5, 5.41) is 8.90. The fraction of sp³-hybridized carbons (Fsp3) is 0.222. The average molecular weight is 388 g/mol. The number of nitrogens with one attached hydrogen (secondary N) is 3. The van der Waals surface area contributed by atoms with Gasteiger partial charge in [0.05, 0.1) is 11.6 Å². The molecule has 1 aliphatic heterocycles. The van der Waals surface area contributed by atoms with Crippen molar-refractivity contribution in [3.8, 4) is 0 Å². The fourth-order valence-electron chi connectivity index (χ4n) is 2.66. The molecule has 3 rings (SSSR count).